The maximum absolute atomic E-state index is 15.4. The first-order chi connectivity index (χ1) is 19.7. The van der Waals surface area contributed by atoms with E-state index in [9.17, 15) is 8.42 Å². The molecule has 0 bridgehead atoms. The zero-order valence-corrected chi connectivity index (χ0v) is 23.5. The van der Waals surface area contributed by atoms with Gasteiger partial charge in [0.05, 0.1) is 12.7 Å². The highest BCUT2D eigenvalue weighted by Crippen LogP contribution is 2.40. The number of sulfonamides is 1. The lowest BCUT2D eigenvalue weighted by molar-refractivity contribution is 0.00689. The molecule has 5 rings (SSSR count). The minimum atomic E-state index is -4.47. The third-order valence-electron chi connectivity index (χ3n) is 7.36. The van der Waals surface area contributed by atoms with Crippen molar-refractivity contribution in [3.63, 3.8) is 0 Å². The minimum Gasteiger partial charge on any atom is -0.486 e. The number of hydrogen-bond donors (Lipinski definition) is 1. The average molecular weight is 584 g/mol. The highest BCUT2D eigenvalue weighted by Gasteiger charge is 2.38. The lowest BCUT2D eigenvalue weighted by atomic mass is 9.84. The van der Waals surface area contributed by atoms with Crippen LogP contribution in [-0.4, -0.2) is 40.4 Å². The summed E-state index contributed by atoms with van der Waals surface area (Å²) in [7, 11) is -2.64. The van der Waals surface area contributed by atoms with Gasteiger partial charge in [0.15, 0.2) is 11.6 Å². The van der Waals surface area contributed by atoms with Gasteiger partial charge in [0.2, 0.25) is 0 Å². The van der Waals surface area contributed by atoms with Crippen molar-refractivity contribution in [1.82, 2.24) is 19.7 Å². The first kappa shape index (κ1) is 28.6. The van der Waals surface area contributed by atoms with Crippen LogP contribution in [0.1, 0.15) is 43.4 Å². The molecule has 2 aromatic carbocycles. The molecule has 0 unspecified atom stereocenters. The quantitative estimate of drug-likeness (QED) is 0.269. The molecule has 0 spiro atoms. The SMILES string of the molecule is C[C@@H]1CC[C@H](OCc2ccccc2)C[C@H](Oc2cc(F)c(S(=O)(=O)Nc3ccncn3)cc2F)[C@H]1c1ccnn1C. The standard InChI is InChI=1S/C29H31F2N5O4S/c1-19-8-9-21(39-17-20-6-4-3-5-7-20)14-26(29(19)24-10-13-34-36(24)2)40-25-15-23(31)27(16-22(25)30)41(37,38)35-28-11-12-32-18-33-28/h3-7,10-13,15-16,18-19,21,26,29H,8-9,14,17H2,1-2H3,(H,32,33,35)/t19-,21+,26+,29-/m1/s1. The van der Waals surface area contributed by atoms with E-state index in [1.54, 1.807) is 10.9 Å². The van der Waals surface area contributed by atoms with Crippen LogP contribution in [0.2, 0.25) is 0 Å². The van der Waals surface area contributed by atoms with Gasteiger partial charge < -0.3 is 9.47 Å². The molecule has 1 fully saturated rings. The number of benzene rings is 2. The zero-order valence-electron chi connectivity index (χ0n) is 22.7. The largest absolute Gasteiger partial charge is 0.486 e. The monoisotopic (exact) mass is 583 g/mol. The van der Waals surface area contributed by atoms with Gasteiger partial charge in [0.25, 0.3) is 10.0 Å². The summed E-state index contributed by atoms with van der Waals surface area (Å²) in [5, 5.41) is 4.31. The van der Waals surface area contributed by atoms with Crippen molar-refractivity contribution in [2.24, 2.45) is 13.0 Å². The number of nitrogens with zero attached hydrogens (tertiary/aromatic N) is 4. The molecule has 0 aliphatic heterocycles. The van der Waals surface area contributed by atoms with Crippen molar-refractivity contribution in [2.75, 3.05) is 4.72 Å². The molecule has 1 aliphatic rings. The van der Waals surface area contributed by atoms with Gasteiger partial charge in [-0.2, -0.15) is 5.10 Å². The Bertz CT molecular complexity index is 1570. The van der Waals surface area contributed by atoms with Crippen molar-refractivity contribution < 1.29 is 26.7 Å². The van der Waals surface area contributed by atoms with Crippen LogP contribution in [0, 0.1) is 17.6 Å². The van der Waals surface area contributed by atoms with Gasteiger partial charge in [0.1, 0.15) is 29.0 Å². The van der Waals surface area contributed by atoms with Gasteiger partial charge in [-0.15, -0.1) is 0 Å². The summed E-state index contributed by atoms with van der Waals surface area (Å²) < 4.78 is 72.6. The maximum atomic E-state index is 15.4. The van der Waals surface area contributed by atoms with Gasteiger partial charge in [-0.3, -0.25) is 9.40 Å². The molecule has 0 saturated heterocycles. The van der Waals surface area contributed by atoms with Crippen LogP contribution in [0.4, 0.5) is 14.6 Å². The number of ether oxygens (including phenoxy) is 2. The fraction of sp³-hybridized carbons (Fsp3) is 0.345. The van der Waals surface area contributed by atoms with E-state index in [4.69, 9.17) is 9.47 Å². The van der Waals surface area contributed by atoms with Crippen LogP contribution in [0.25, 0.3) is 0 Å². The predicted octanol–water partition coefficient (Wildman–Crippen LogP) is 5.23. The van der Waals surface area contributed by atoms with Crippen LogP contribution < -0.4 is 9.46 Å². The smallest absolute Gasteiger partial charge is 0.266 e. The number of anilines is 1. The van der Waals surface area contributed by atoms with Crippen molar-refractivity contribution in [2.45, 2.75) is 55.8 Å². The van der Waals surface area contributed by atoms with Crippen LogP contribution >= 0.6 is 0 Å². The second kappa shape index (κ2) is 12.3. The minimum absolute atomic E-state index is 0.0758. The number of nitrogens with one attached hydrogen (secondary N) is 1. The van der Waals surface area contributed by atoms with Crippen LogP contribution in [0.5, 0.6) is 5.75 Å². The Morgan fingerprint density at radius 2 is 1.85 bits per heavy atom. The van der Waals surface area contributed by atoms with Crippen molar-refractivity contribution in [1.29, 1.82) is 0 Å². The van der Waals surface area contributed by atoms with Crippen LogP contribution in [0.15, 0.2) is 78.2 Å². The highest BCUT2D eigenvalue weighted by atomic mass is 32.2. The average Bonchev–Trinajstić information content (AvgIpc) is 3.30. The summed E-state index contributed by atoms with van der Waals surface area (Å²) in [6, 6.07) is 14.4. The number of halogens is 2. The van der Waals surface area contributed by atoms with Crippen LogP contribution in [-0.2, 0) is 28.4 Å². The van der Waals surface area contributed by atoms with Crippen molar-refractivity contribution in [3.05, 3.63) is 96.2 Å². The Balaban J connectivity index is 1.42. The van der Waals surface area contributed by atoms with Gasteiger partial charge in [-0.25, -0.2) is 27.2 Å². The lowest BCUT2D eigenvalue weighted by Gasteiger charge is -2.31. The van der Waals surface area contributed by atoms with E-state index in [1.165, 1.54) is 12.3 Å². The van der Waals surface area contributed by atoms with E-state index in [2.05, 4.69) is 26.7 Å². The molecule has 1 aliphatic carbocycles. The summed E-state index contributed by atoms with van der Waals surface area (Å²) in [5.74, 6) is -2.69. The fourth-order valence-electron chi connectivity index (χ4n) is 5.29. The number of hydrogen-bond acceptors (Lipinski definition) is 7. The Hall–Kier alpha value is -3.90. The first-order valence-electron chi connectivity index (χ1n) is 13.3. The normalized spacial score (nSPS) is 21.3. The van der Waals surface area contributed by atoms with E-state index in [-0.39, 0.29) is 29.5 Å². The van der Waals surface area contributed by atoms with Gasteiger partial charge in [-0.1, -0.05) is 37.3 Å². The Morgan fingerprint density at radius 1 is 1.05 bits per heavy atom. The molecule has 9 nitrogen and oxygen atoms in total. The Labute approximate surface area is 237 Å². The molecule has 4 atom stereocenters. The molecule has 2 heterocycles. The Kier molecular flexibility index (Phi) is 8.60. The molecule has 12 heteroatoms. The summed E-state index contributed by atoms with van der Waals surface area (Å²) in [6.07, 6.45) is 5.38. The number of aromatic nitrogens is 4. The predicted molar refractivity (Wildman–Crippen MR) is 148 cm³/mol. The Morgan fingerprint density at radius 3 is 2.56 bits per heavy atom. The van der Waals surface area contributed by atoms with Gasteiger partial charge >= 0.3 is 0 Å². The van der Waals surface area contributed by atoms with Crippen molar-refractivity contribution in [3.8, 4) is 5.75 Å². The molecule has 2 aromatic heterocycles. The molecule has 1 N–H and O–H groups in total. The molecule has 1 saturated carbocycles. The van der Waals surface area contributed by atoms with Crippen LogP contribution in [0.3, 0.4) is 0 Å². The second-order valence-electron chi connectivity index (χ2n) is 10.2. The molecule has 41 heavy (non-hydrogen) atoms. The second-order valence-corrected chi connectivity index (χ2v) is 11.8. The topological polar surface area (TPSA) is 108 Å². The third kappa shape index (κ3) is 6.71. The number of rotatable bonds is 9. The first-order valence-corrected chi connectivity index (χ1v) is 14.8. The summed E-state index contributed by atoms with van der Waals surface area (Å²) in [5.41, 5.74) is 1.94. The molecule has 216 valence electrons. The zero-order chi connectivity index (χ0) is 29.0. The van der Waals surface area contributed by atoms with E-state index >= 15 is 8.78 Å². The van der Waals surface area contributed by atoms with E-state index in [0.717, 1.165) is 36.5 Å². The lowest BCUT2D eigenvalue weighted by Crippen LogP contribution is -2.32. The molecular formula is C29H31F2N5O4S. The van der Waals surface area contributed by atoms with E-state index < -0.39 is 32.7 Å². The number of aryl methyl sites for hydroxylation is 1. The van der Waals surface area contributed by atoms with Gasteiger partial charge in [-0.05, 0) is 36.5 Å². The summed E-state index contributed by atoms with van der Waals surface area (Å²) in [6.45, 7) is 2.51. The summed E-state index contributed by atoms with van der Waals surface area (Å²) >= 11 is 0. The van der Waals surface area contributed by atoms with E-state index in [0.29, 0.717) is 19.1 Å². The van der Waals surface area contributed by atoms with Crippen molar-refractivity contribution >= 4 is 15.8 Å². The van der Waals surface area contributed by atoms with E-state index in [1.807, 2.05) is 43.4 Å². The maximum Gasteiger partial charge on any atom is 0.266 e. The molecule has 4 aromatic rings. The fourth-order valence-corrected chi connectivity index (χ4v) is 6.37. The van der Waals surface area contributed by atoms with Gasteiger partial charge in [0, 0.05) is 49.6 Å². The molecular weight excluding hydrogens is 552 g/mol. The molecule has 0 amide bonds. The molecule has 0 radical (unpaired) electrons. The summed E-state index contributed by atoms with van der Waals surface area (Å²) in [4.78, 5) is 6.62. The highest BCUT2D eigenvalue weighted by molar-refractivity contribution is 7.92. The third-order valence-corrected chi connectivity index (χ3v) is 8.73.